The molecule has 1 fully saturated rings. The molecule has 0 saturated carbocycles. The van der Waals surface area contributed by atoms with Gasteiger partial charge in [-0.05, 0) is 37.6 Å². The Kier molecular flexibility index (Phi) is 9.58. The Morgan fingerprint density at radius 2 is 2.12 bits per heavy atom. The summed E-state index contributed by atoms with van der Waals surface area (Å²) in [5, 5.41) is 16.1. The molecule has 1 aromatic rings. The lowest BCUT2D eigenvalue weighted by Gasteiger charge is -2.17. The summed E-state index contributed by atoms with van der Waals surface area (Å²) in [6, 6.07) is 5.36. The number of guanidine groups is 1. The van der Waals surface area contributed by atoms with E-state index in [0.29, 0.717) is 24.7 Å². The highest BCUT2D eigenvalue weighted by atomic mass is 127. The van der Waals surface area contributed by atoms with Crippen LogP contribution in [0, 0.1) is 5.82 Å². The Bertz CT molecular complexity index is 685. The maximum atomic E-state index is 12.8. The number of nitrogens with zero attached hydrogens (tertiary/aromatic N) is 1. The maximum Gasteiger partial charge on any atom is 0.191 e. The summed E-state index contributed by atoms with van der Waals surface area (Å²) in [5.41, 5.74) is 0. The van der Waals surface area contributed by atoms with Gasteiger partial charge in [0.05, 0.1) is 18.1 Å². The Balaban J connectivity index is 0.00000338. The Hall–Kier alpha value is -1.14. The van der Waals surface area contributed by atoms with Crippen LogP contribution in [0.3, 0.4) is 0 Å². The molecule has 0 aliphatic carbocycles. The molecule has 7 nitrogen and oxygen atoms in total. The minimum Gasteiger partial charge on any atom is -0.491 e. The first-order valence-electron chi connectivity index (χ1n) is 8.19. The van der Waals surface area contributed by atoms with E-state index in [-0.39, 0.29) is 60.5 Å². The number of benzene rings is 1. The molecule has 0 amide bonds. The maximum absolute atomic E-state index is 12.8. The van der Waals surface area contributed by atoms with E-state index in [9.17, 15) is 17.9 Å². The molecule has 148 valence electrons. The van der Waals surface area contributed by atoms with Crippen LogP contribution < -0.4 is 15.4 Å². The lowest BCUT2D eigenvalue weighted by molar-refractivity contribution is 0.114. The standard InChI is InChI=1S/C16H24FN3O4S.HI/c1-2-18-16(20-13-7-8-25(22,23)11-13)19-9-14(21)10-24-15-5-3-12(17)4-6-15;/h3-6,13-14,21H,2,7-11H2,1H3,(H2,18,19,20);1H. The van der Waals surface area contributed by atoms with Gasteiger partial charge in [-0.1, -0.05) is 0 Å². The van der Waals surface area contributed by atoms with Gasteiger partial charge in [0.25, 0.3) is 0 Å². The van der Waals surface area contributed by atoms with E-state index in [4.69, 9.17) is 4.74 Å². The summed E-state index contributed by atoms with van der Waals surface area (Å²) >= 11 is 0. The molecular formula is C16H25FIN3O4S. The normalized spacial score (nSPS) is 20.1. The molecular weight excluding hydrogens is 476 g/mol. The second kappa shape index (κ2) is 10.9. The van der Waals surface area contributed by atoms with E-state index < -0.39 is 15.9 Å². The first-order chi connectivity index (χ1) is 11.9. The number of nitrogens with one attached hydrogen (secondary N) is 2. The fourth-order valence-corrected chi connectivity index (χ4v) is 4.07. The van der Waals surface area contributed by atoms with E-state index in [1.54, 1.807) is 0 Å². The van der Waals surface area contributed by atoms with Crippen molar-refractivity contribution in [3.63, 3.8) is 0 Å². The van der Waals surface area contributed by atoms with Crippen molar-refractivity contribution in [3.05, 3.63) is 30.1 Å². The van der Waals surface area contributed by atoms with Gasteiger partial charge in [-0.25, -0.2) is 12.8 Å². The molecule has 1 aliphatic rings. The average Bonchev–Trinajstić information content (AvgIpc) is 2.91. The van der Waals surface area contributed by atoms with Crippen molar-refractivity contribution < 1.29 is 22.7 Å². The fraction of sp³-hybridized carbons (Fsp3) is 0.562. The minimum absolute atomic E-state index is 0. The van der Waals surface area contributed by atoms with Crippen molar-refractivity contribution in [2.24, 2.45) is 4.99 Å². The number of aliphatic hydroxyl groups excluding tert-OH is 1. The molecule has 1 aliphatic heterocycles. The van der Waals surface area contributed by atoms with E-state index in [0.717, 1.165) is 0 Å². The molecule has 0 radical (unpaired) electrons. The Morgan fingerprint density at radius 1 is 1.42 bits per heavy atom. The van der Waals surface area contributed by atoms with Crippen LogP contribution in [-0.2, 0) is 9.84 Å². The van der Waals surface area contributed by atoms with Crippen molar-refractivity contribution in [1.82, 2.24) is 10.6 Å². The topological polar surface area (TPSA) is 100 Å². The summed E-state index contributed by atoms with van der Waals surface area (Å²) in [4.78, 5) is 4.26. The lowest BCUT2D eigenvalue weighted by atomic mass is 10.3. The number of aliphatic imine (C=N–C) groups is 1. The van der Waals surface area contributed by atoms with Crippen molar-refractivity contribution >= 4 is 39.8 Å². The van der Waals surface area contributed by atoms with Crippen LogP contribution in [-0.4, -0.2) is 62.8 Å². The number of hydrogen-bond acceptors (Lipinski definition) is 5. The Morgan fingerprint density at radius 3 is 2.69 bits per heavy atom. The van der Waals surface area contributed by atoms with Gasteiger partial charge in [-0.15, -0.1) is 24.0 Å². The van der Waals surface area contributed by atoms with E-state index in [2.05, 4.69) is 15.6 Å². The molecule has 26 heavy (non-hydrogen) atoms. The molecule has 1 saturated heterocycles. The molecule has 0 spiro atoms. The first-order valence-corrected chi connectivity index (χ1v) is 10.0. The van der Waals surface area contributed by atoms with Crippen LogP contribution >= 0.6 is 24.0 Å². The summed E-state index contributed by atoms with van der Waals surface area (Å²) in [7, 11) is -2.97. The molecule has 1 aromatic carbocycles. The highest BCUT2D eigenvalue weighted by Gasteiger charge is 2.28. The summed E-state index contributed by atoms with van der Waals surface area (Å²) in [6.07, 6.45) is -0.295. The molecule has 3 N–H and O–H groups in total. The zero-order valence-electron chi connectivity index (χ0n) is 14.5. The predicted molar refractivity (Wildman–Crippen MR) is 109 cm³/mol. The van der Waals surface area contributed by atoms with Crippen LogP contribution in [0.1, 0.15) is 13.3 Å². The van der Waals surface area contributed by atoms with Gasteiger partial charge in [-0.3, -0.25) is 4.99 Å². The van der Waals surface area contributed by atoms with Crippen LogP contribution in [0.4, 0.5) is 4.39 Å². The number of hydrogen-bond donors (Lipinski definition) is 3. The average molecular weight is 501 g/mol. The van der Waals surface area contributed by atoms with Gasteiger partial charge in [0.2, 0.25) is 0 Å². The Labute approximate surface area is 170 Å². The summed E-state index contributed by atoms with van der Waals surface area (Å²) in [5.74, 6) is 0.843. The molecule has 0 bridgehead atoms. The second-order valence-corrected chi connectivity index (χ2v) is 8.11. The van der Waals surface area contributed by atoms with Crippen molar-refractivity contribution in [1.29, 1.82) is 0 Å². The van der Waals surface area contributed by atoms with Crippen LogP contribution in [0.25, 0.3) is 0 Å². The quantitative estimate of drug-likeness (QED) is 0.292. The second-order valence-electron chi connectivity index (χ2n) is 5.88. The minimum atomic E-state index is -2.97. The van der Waals surface area contributed by atoms with Gasteiger partial charge in [0.1, 0.15) is 24.3 Å². The molecule has 1 heterocycles. The number of halogens is 2. The third-order valence-electron chi connectivity index (χ3n) is 3.63. The molecule has 2 unspecified atom stereocenters. The predicted octanol–water partition coefficient (Wildman–Crippen LogP) is 0.926. The SMILES string of the molecule is CCNC(=NCC(O)COc1ccc(F)cc1)NC1CCS(=O)(=O)C1.I. The third kappa shape index (κ3) is 8.04. The largest absolute Gasteiger partial charge is 0.491 e. The van der Waals surface area contributed by atoms with Crippen LogP contribution in [0.15, 0.2) is 29.3 Å². The molecule has 10 heteroatoms. The smallest absolute Gasteiger partial charge is 0.191 e. The van der Waals surface area contributed by atoms with Crippen LogP contribution in [0.5, 0.6) is 5.75 Å². The number of aliphatic hydroxyl groups is 1. The van der Waals surface area contributed by atoms with Gasteiger partial charge < -0.3 is 20.5 Å². The van der Waals surface area contributed by atoms with Gasteiger partial charge in [0.15, 0.2) is 15.8 Å². The van der Waals surface area contributed by atoms with Crippen molar-refractivity contribution in [3.8, 4) is 5.75 Å². The first kappa shape index (κ1) is 22.9. The van der Waals surface area contributed by atoms with E-state index in [1.165, 1.54) is 24.3 Å². The third-order valence-corrected chi connectivity index (χ3v) is 5.40. The zero-order valence-corrected chi connectivity index (χ0v) is 17.7. The monoisotopic (exact) mass is 501 g/mol. The van der Waals surface area contributed by atoms with E-state index >= 15 is 0 Å². The van der Waals surface area contributed by atoms with Gasteiger partial charge in [-0.2, -0.15) is 0 Å². The highest BCUT2D eigenvalue weighted by Crippen LogP contribution is 2.12. The fourth-order valence-electron chi connectivity index (χ4n) is 2.39. The number of sulfone groups is 1. The molecule has 2 atom stereocenters. The van der Waals surface area contributed by atoms with Gasteiger partial charge >= 0.3 is 0 Å². The number of rotatable bonds is 7. The van der Waals surface area contributed by atoms with Crippen molar-refractivity contribution in [2.45, 2.75) is 25.5 Å². The summed E-state index contributed by atoms with van der Waals surface area (Å²) < 4.78 is 41.2. The molecule has 0 aromatic heterocycles. The summed E-state index contributed by atoms with van der Waals surface area (Å²) in [6.45, 7) is 2.63. The van der Waals surface area contributed by atoms with Crippen molar-refractivity contribution in [2.75, 3.05) is 31.2 Å². The zero-order chi connectivity index (χ0) is 18.3. The molecule has 2 rings (SSSR count). The van der Waals surface area contributed by atoms with Crippen LogP contribution in [0.2, 0.25) is 0 Å². The number of ether oxygens (including phenoxy) is 1. The highest BCUT2D eigenvalue weighted by molar-refractivity contribution is 14.0. The lowest BCUT2D eigenvalue weighted by Crippen LogP contribution is -2.44. The van der Waals surface area contributed by atoms with Gasteiger partial charge in [0, 0.05) is 12.6 Å². The van der Waals surface area contributed by atoms with E-state index in [1.807, 2.05) is 6.92 Å².